The van der Waals surface area contributed by atoms with E-state index in [-0.39, 0.29) is 28.9 Å². The molecule has 0 aliphatic heterocycles. The van der Waals surface area contributed by atoms with Crippen molar-refractivity contribution < 1.29 is 18.7 Å². The second-order valence-electron chi connectivity index (χ2n) is 5.24. The Morgan fingerprint density at radius 2 is 1.78 bits per heavy atom. The van der Waals surface area contributed by atoms with Crippen molar-refractivity contribution in [1.82, 2.24) is 0 Å². The van der Waals surface area contributed by atoms with Crippen LogP contribution in [0.1, 0.15) is 42.8 Å². The van der Waals surface area contributed by atoms with Gasteiger partial charge in [-0.2, -0.15) is 0 Å². The van der Waals surface area contributed by atoms with Crippen LogP contribution < -0.4 is 10.1 Å². The third-order valence-corrected chi connectivity index (χ3v) is 3.33. The van der Waals surface area contributed by atoms with E-state index in [4.69, 9.17) is 4.74 Å². The lowest BCUT2D eigenvalue weighted by Crippen LogP contribution is -2.12. The number of benzene rings is 2. The van der Waals surface area contributed by atoms with Crippen molar-refractivity contribution in [2.75, 3.05) is 5.32 Å². The molecule has 0 unspecified atom stereocenters. The molecule has 5 heteroatoms. The van der Waals surface area contributed by atoms with E-state index in [0.29, 0.717) is 0 Å². The third-order valence-electron chi connectivity index (χ3n) is 3.33. The topological polar surface area (TPSA) is 55.4 Å². The summed E-state index contributed by atoms with van der Waals surface area (Å²) in [6.07, 6.45) is -0.370. The minimum atomic E-state index is -0.705. The van der Waals surface area contributed by atoms with Gasteiger partial charge in [-0.05, 0) is 31.5 Å². The van der Waals surface area contributed by atoms with Gasteiger partial charge in [0.15, 0.2) is 11.6 Å². The quantitative estimate of drug-likeness (QED) is 0.844. The predicted molar refractivity (Wildman–Crippen MR) is 86.2 cm³/mol. The van der Waals surface area contributed by atoms with Gasteiger partial charge in [0.25, 0.3) is 0 Å². The van der Waals surface area contributed by atoms with Gasteiger partial charge in [-0.25, -0.2) is 4.39 Å². The maximum absolute atomic E-state index is 14.2. The lowest BCUT2D eigenvalue weighted by molar-refractivity contribution is -0.114. The minimum absolute atomic E-state index is 0.0646. The monoisotopic (exact) mass is 315 g/mol. The van der Waals surface area contributed by atoms with Crippen LogP contribution in [0.3, 0.4) is 0 Å². The fraction of sp³-hybridized carbons (Fsp3) is 0.222. The van der Waals surface area contributed by atoms with E-state index in [9.17, 15) is 14.0 Å². The van der Waals surface area contributed by atoms with Gasteiger partial charge in [0.05, 0.1) is 0 Å². The number of carbonyl (C=O) groups is 2. The zero-order chi connectivity index (χ0) is 17.0. The van der Waals surface area contributed by atoms with E-state index < -0.39 is 11.7 Å². The first kappa shape index (κ1) is 16.7. The summed E-state index contributed by atoms with van der Waals surface area (Å²) in [4.78, 5) is 22.8. The van der Waals surface area contributed by atoms with Crippen molar-refractivity contribution >= 4 is 17.4 Å². The molecule has 0 aromatic heterocycles. The molecule has 0 aliphatic carbocycles. The first-order chi connectivity index (χ1) is 10.9. The van der Waals surface area contributed by atoms with Crippen LogP contribution in [0.5, 0.6) is 5.75 Å². The summed E-state index contributed by atoms with van der Waals surface area (Å²) in [5.41, 5.74) is 1.02. The Bertz CT molecular complexity index is 729. The van der Waals surface area contributed by atoms with Gasteiger partial charge in [0.1, 0.15) is 17.5 Å². The van der Waals surface area contributed by atoms with Crippen molar-refractivity contribution in [2.24, 2.45) is 0 Å². The molecular formula is C18H18FNO3. The highest BCUT2D eigenvalue weighted by Crippen LogP contribution is 2.33. The number of carbonyl (C=O) groups excluding carboxylic acids is 2. The normalized spacial score (nSPS) is 11.7. The zero-order valence-electron chi connectivity index (χ0n) is 13.2. The first-order valence-electron chi connectivity index (χ1n) is 7.22. The Morgan fingerprint density at radius 3 is 2.35 bits per heavy atom. The molecule has 23 heavy (non-hydrogen) atoms. The number of rotatable bonds is 5. The predicted octanol–water partition coefficient (Wildman–Crippen LogP) is 4.13. The van der Waals surface area contributed by atoms with Gasteiger partial charge >= 0.3 is 0 Å². The van der Waals surface area contributed by atoms with Crippen LogP contribution >= 0.6 is 0 Å². The molecule has 0 bridgehead atoms. The van der Waals surface area contributed by atoms with Gasteiger partial charge < -0.3 is 10.1 Å². The number of hydrogen-bond donors (Lipinski definition) is 1. The van der Waals surface area contributed by atoms with Crippen molar-refractivity contribution in [2.45, 2.75) is 26.9 Å². The van der Waals surface area contributed by atoms with Crippen LogP contribution in [0.2, 0.25) is 0 Å². The molecule has 0 saturated carbocycles. The molecule has 1 amide bonds. The van der Waals surface area contributed by atoms with Gasteiger partial charge in [0.2, 0.25) is 5.91 Å². The fourth-order valence-electron chi connectivity index (χ4n) is 2.16. The lowest BCUT2D eigenvalue weighted by atomic mass is 10.1. The van der Waals surface area contributed by atoms with Gasteiger partial charge in [0, 0.05) is 12.5 Å². The van der Waals surface area contributed by atoms with Crippen molar-refractivity contribution in [3.05, 3.63) is 59.4 Å². The maximum atomic E-state index is 14.2. The average Bonchev–Trinajstić information content (AvgIpc) is 2.50. The molecule has 0 fully saturated rings. The Labute approximate surface area is 134 Å². The van der Waals surface area contributed by atoms with Crippen LogP contribution in [0.4, 0.5) is 10.1 Å². The molecule has 1 atom stereocenters. The fourth-order valence-corrected chi connectivity index (χ4v) is 2.16. The van der Waals surface area contributed by atoms with Crippen LogP contribution in [0.15, 0.2) is 42.5 Å². The highest BCUT2D eigenvalue weighted by atomic mass is 19.1. The number of halogens is 1. The van der Waals surface area contributed by atoms with E-state index in [1.165, 1.54) is 19.9 Å². The summed E-state index contributed by atoms with van der Waals surface area (Å²) in [6, 6.07) is 11.9. The number of nitrogens with one attached hydrogen (secondary N) is 1. The second kappa shape index (κ2) is 7.05. The molecule has 0 spiro atoms. The Hall–Kier alpha value is -2.69. The smallest absolute Gasteiger partial charge is 0.221 e. The molecule has 2 rings (SSSR count). The molecule has 1 N–H and O–H groups in total. The van der Waals surface area contributed by atoms with E-state index in [1.807, 2.05) is 37.3 Å². The second-order valence-corrected chi connectivity index (χ2v) is 5.24. The molecule has 0 heterocycles. The summed E-state index contributed by atoms with van der Waals surface area (Å²) < 4.78 is 20.0. The number of ketones is 1. The van der Waals surface area contributed by atoms with Crippen molar-refractivity contribution in [3.63, 3.8) is 0 Å². The van der Waals surface area contributed by atoms with Gasteiger partial charge in [-0.1, -0.05) is 30.3 Å². The lowest BCUT2D eigenvalue weighted by Gasteiger charge is -2.19. The Morgan fingerprint density at radius 1 is 1.13 bits per heavy atom. The number of ether oxygens (including phenoxy) is 1. The highest BCUT2D eigenvalue weighted by molar-refractivity contribution is 5.97. The molecule has 120 valence electrons. The highest BCUT2D eigenvalue weighted by Gasteiger charge is 2.18. The van der Waals surface area contributed by atoms with Crippen molar-refractivity contribution in [3.8, 4) is 5.75 Å². The number of hydrogen-bond acceptors (Lipinski definition) is 3. The molecule has 0 aliphatic rings. The SMILES string of the molecule is CC(=O)Nc1c(F)cc(C(C)=O)cc1O[C@@H](C)c1ccccc1. The maximum Gasteiger partial charge on any atom is 0.221 e. The van der Waals surface area contributed by atoms with Crippen LogP contribution in [0, 0.1) is 5.82 Å². The number of anilines is 1. The molecule has 2 aromatic carbocycles. The third kappa shape index (κ3) is 4.16. The van der Waals surface area contributed by atoms with E-state index >= 15 is 0 Å². The zero-order valence-corrected chi connectivity index (χ0v) is 13.2. The van der Waals surface area contributed by atoms with Crippen LogP contribution in [-0.4, -0.2) is 11.7 Å². The summed E-state index contributed by atoms with van der Waals surface area (Å²) in [5, 5.41) is 2.41. The van der Waals surface area contributed by atoms with Crippen LogP contribution in [-0.2, 0) is 4.79 Å². The van der Waals surface area contributed by atoms with E-state index in [2.05, 4.69) is 5.32 Å². The Kier molecular flexibility index (Phi) is 5.11. The number of Topliss-reactive ketones (excluding diaryl/α,β-unsaturated/α-hetero) is 1. The average molecular weight is 315 g/mol. The summed E-state index contributed by atoms with van der Waals surface area (Å²) in [7, 11) is 0. The molecular weight excluding hydrogens is 297 g/mol. The molecule has 0 radical (unpaired) electrons. The summed E-state index contributed by atoms with van der Waals surface area (Å²) >= 11 is 0. The molecule has 0 saturated heterocycles. The molecule has 4 nitrogen and oxygen atoms in total. The van der Waals surface area contributed by atoms with E-state index in [1.54, 1.807) is 0 Å². The minimum Gasteiger partial charge on any atom is -0.484 e. The Balaban J connectivity index is 2.41. The summed E-state index contributed by atoms with van der Waals surface area (Å²) in [5.74, 6) is -1.28. The van der Waals surface area contributed by atoms with E-state index in [0.717, 1.165) is 11.6 Å². The van der Waals surface area contributed by atoms with Crippen LogP contribution in [0.25, 0.3) is 0 Å². The standard InChI is InChI=1S/C18H18FNO3/c1-11(21)15-9-16(19)18(20-13(3)22)17(10-15)23-12(2)14-7-5-4-6-8-14/h4-10,12H,1-3H3,(H,20,22)/t12-/m0/s1. The summed E-state index contributed by atoms with van der Waals surface area (Å²) in [6.45, 7) is 4.44. The van der Waals surface area contributed by atoms with Gasteiger partial charge in [-0.3, -0.25) is 9.59 Å². The molecule has 2 aromatic rings. The number of amides is 1. The first-order valence-corrected chi connectivity index (χ1v) is 7.22. The van der Waals surface area contributed by atoms with Crippen molar-refractivity contribution in [1.29, 1.82) is 0 Å². The van der Waals surface area contributed by atoms with Gasteiger partial charge in [-0.15, -0.1) is 0 Å². The largest absolute Gasteiger partial charge is 0.484 e.